The van der Waals surface area contributed by atoms with Crippen molar-refractivity contribution in [2.24, 2.45) is 5.16 Å². The van der Waals surface area contributed by atoms with Gasteiger partial charge in [0.05, 0.1) is 12.3 Å². The predicted molar refractivity (Wildman–Crippen MR) is 145 cm³/mol. The molecule has 0 radical (unpaired) electrons. The van der Waals surface area contributed by atoms with E-state index in [1.165, 1.54) is 31.2 Å². The minimum Gasteiger partial charge on any atom is -0.374 e. The van der Waals surface area contributed by atoms with Crippen molar-refractivity contribution in [1.29, 1.82) is 0 Å². The Balaban J connectivity index is 1.66. The lowest BCUT2D eigenvalue weighted by Gasteiger charge is -2.29. The number of carbonyl (C=O) groups excluding carboxylic acids is 1. The number of carbonyl (C=O) groups is 1. The highest BCUT2D eigenvalue weighted by Gasteiger charge is 2.62. The van der Waals surface area contributed by atoms with Crippen molar-refractivity contribution in [3.05, 3.63) is 74.5 Å². The Labute approximate surface area is 251 Å². The molecule has 7 nitrogen and oxygen atoms in total. The molecule has 1 unspecified atom stereocenters. The zero-order valence-electron chi connectivity index (χ0n) is 22.8. The molecule has 0 aliphatic carbocycles. The largest absolute Gasteiger partial charge is 0.435 e. The lowest BCUT2D eigenvalue weighted by molar-refractivity contribution is -0.275. The van der Waals surface area contributed by atoms with Crippen LogP contribution >= 0.6 is 23.2 Å². The molecule has 3 aromatic rings. The molecule has 232 valence electrons. The van der Waals surface area contributed by atoms with Gasteiger partial charge in [-0.3, -0.25) is 9.69 Å². The maximum absolute atomic E-state index is 14.4. The first-order valence-electron chi connectivity index (χ1n) is 12.7. The highest BCUT2D eigenvalue weighted by Crippen LogP contribution is 2.49. The van der Waals surface area contributed by atoms with Crippen molar-refractivity contribution in [3.8, 4) is 0 Å². The number of hydrogen-bond donors (Lipinski definition) is 0. The van der Waals surface area contributed by atoms with Crippen LogP contribution in [0.25, 0.3) is 0 Å². The number of oxime groups is 1. The Morgan fingerprint density at radius 3 is 2.26 bits per heavy atom. The molecule has 2 aromatic carbocycles. The second-order valence-electron chi connectivity index (χ2n) is 10.1. The monoisotopic (exact) mass is 653 g/mol. The van der Waals surface area contributed by atoms with Gasteiger partial charge in [-0.05, 0) is 48.4 Å². The van der Waals surface area contributed by atoms with Gasteiger partial charge in [-0.25, -0.2) is 22.2 Å². The lowest BCUT2D eigenvalue weighted by Crippen LogP contribution is -2.42. The molecule has 0 saturated carbocycles. The average Bonchev–Trinajstić information content (AvgIpc) is 3.52. The summed E-state index contributed by atoms with van der Waals surface area (Å²) in [5.74, 6) is -1.79. The first kappa shape index (κ1) is 32.5. The van der Waals surface area contributed by atoms with Crippen LogP contribution in [0.2, 0.25) is 10.0 Å². The van der Waals surface area contributed by atoms with E-state index in [1.807, 2.05) is 0 Å². The average molecular weight is 654 g/mol. The van der Waals surface area contributed by atoms with Crippen LogP contribution < -0.4 is 4.90 Å². The second-order valence-corrected chi connectivity index (χ2v) is 11.0. The Kier molecular flexibility index (Phi) is 9.31. The molecule has 1 amide bonds. The van der Waals surface area contributed by atoms with Crippen LogP contribution in [0.3, 0.4) is 0 Å². The summed E-state index contributed by atoms with van der Waals surface area (Å²) < 4.78 is 97.2. The van der Waals surface area contributed by atoms with Crippen LogP contribution in [-0.2, 0) is 17.0 Å². The molecular weight excluding hydrogens is 630 g/mol. The summed E-state index contributed by atoms with van der Waals surface area (Å²) in [6, 6.07) is 7.30. The molecule has 0 N–H and O–H groups in total. The standard InChI is InChI=1S/C27H24Cl2F7N5O2/c1-13(2)23-37-25(38-41(23)12-22(32)33)40(11-21(30)31)24(42)19-5-4-15(6-14(19)3)20-10-26(43-39-20,27(34,35)36)16-7-17(28)9-18(29)8-16/h4-9,13,21-22H,10-12H2,1-3H3. The van der Waals surface area contributed by atoms with E-state index in [1.54, 1.807) is 13.8 Å². The molecule has 0 fully saturated rings. The van der Waals surface area contributed by atoms with Crippen molar-refractivity contribution >= 4 is 40.8 Å². The Morgan fingerprint density at radius 2 is 1.72 bits per heavy atom. The maximum atomic E-state index is 14.4. The van der Waals surface area contributed by atoms with Gasteiger partial charge in [0, 0.05) is 33.5 Å². The lowest BCUT2D eigenvalue weighted by atomic mass is 9.86. The van der Waals surface area contributed by atoms with Crippen LogP contribution in [-0.4, -0.2) is 52.0 Å². The predicted octanol–water partition coefficient (Wildman–Crippen LogP) is 7.78. The van der Waals surface area contributed by atoms with Gasteiger partial charge in [-0.2, -0.15) is 18.2 Å². The van der Waals surface area contributed by atoms with Gasteiger partial charge in [0.25, 0.3) is 30.3 Å². The number of anilines is 1. The van der Waals surface area contributed by atoms with E-state index < -0.39 is 61.9 Å². The third-order valence-corrected chi connectivity index (χ3v) is 7.06. The van der Waals surface area contributed by atoms with E-state index in [9.17, 15) is 35.5 Å². The second kappa shape index (κ2) is 12.3. The molecular formula is C27H24Cl2F7N5O2. The number of aromatic nitrogens is 3. The first-order chi connectivity index (χ1) is 20.0. The summed E-state index contributed by atoms with van der Waals surface area (Å²) in [6.45, 7) is 2.75. The molecule has 1 aliphatic heterocycles. The molecule has 43 heavy (non-hydrogen) atoms. The van der Waals surface area contributed by atoms with Gasteiger partial charge in [0.1, 0.15) is 12.4 Å². The van der Waals surface area contributed by atoms with Crippen molar-refractivity contribution < 1.29 is 40.4 Å². The summed E-state index contributed by atoms with van der Waals surface area (Å²) >= 11 is 11.9. The Hall–Kier alpha value is -3.39. The van der Waals surface area contributed by atoms with E-state index in [0.717, 1.165) is 16.8 Å². The highest BCUT2D eigenvalue weighted by atomic mass is 35.5. The fraction of sp³-hybridized carbons (Fsp3) is 0.407. The number of nitrogens with zero attached hydrogens (tertiary/aromatic N) is 5. The summed E-state index contributed by atoms with van der Waals surface area (Å²) in [5, 5.41) is 7.51. The smallest absolute Gasteiger partial charge is 0.374 e. The third-order valence-electron chi connectivity index (χ3n) is 6.63. The number of rotatable bonds is 9. The van der Waals surface area contributed by atoms with E-state index in [2.05, 4.69) is 15.2 Å². The quantitative estimate of drug-likeness (QED) is 0.221. The zero-order valence-corrected chi connectivity index (χ0v) is 24.3. The number of benzene rings is 2. The number of halogens is 9. The maximum Gasteiger partial charge on any atom is 0.435 e. The Morgan fingerprint density at radius 1 is 1.07 bits per heavy atom. The van der Waals surface area contributed by atoms with Crippen molar-refractivity contribution in [2.75, 3.05) is 11.4 Å². The summed E-state index contributed by atoms with van der Waals surface area (Å²) in [4.78, 5) is 23.1. The number of alkyl halides is 7. The normalized spacial score (nSPS) is 17.1. The SMILES string of the molecule is Cc1cc(C2=NOC(c3cc(Cl)cc(Cl)c3)(C(F)(F)F)C2)ccc1C(=O)N(CC(F)F)c1nc(C(C)C)n(CC(F)F)n1. The number of aryl methyl sites for hydroxylation is 1. The third kappa shape index (κ3) is 6.74. The van der Waals surface area contributed by atoms with Crippen molar-refractivity contribution in [3.63, 3.8) is 0 Å². The first-order valence-corrected chi connectivity index (χ1v) is 13.5. The highest BCUT2D eigenvalue weighted by molar-refractivity contribution is 6.34. The van der Waals surface area contributed by atoms with Crippen LogP contribution in [0, 0.1) is 6.92 Å². The van der Waals surface area contributed by atoms with E-state index in [4.69, 9.17) is 28.0 Å². The van der Waals surface area contributed by atoms with E-state index in [0.29, 0.717) is 4.90 Å². The number of amides is 1. The Bertz CT molecular complexity index is 1520. The summed E-state index contributed by atoms with van der Waals surface area (Å²) in [6.07, 6.45) is -11.5. The van der Waals surface area contributed by atoms with Gasteiger partial charge in [0.15, 0.2) is 0 Å². The molecule has 0 bridgehead atoms. The van der Waals surface area contributed by atoms with Crippen molar-refractivity contribution in [1.82, 2.24) is 14.8 Å². The van der Waals surface area contributed by atoms with E-state index >= 15 is 0 Å². The number of hydrogen-bond acceptors (Lipinski definition) is 5. The minimum atomic E-state index is -4.93. The molecule has 4 rings (SSSR count). The molecule has 1 aromatic heterocycles. The van der Waals surface area contributed by atoms with Crippen LogP contribution in [0.15, 0.2) is 41.6 Å². The molecule has 16 heteroatoms. The van der Waals surface area contributed by atoms with Gasteiger partial charge >= 0.3 is 6.18 Å². The molecule has 1 aliphatic rings. The fourth-order valence-corrected chi connectivity index (χ4v) is 5.14. The molecule has 2 heterocycles. The minimum absolute atomic E-state index is 0.0377. The summed E-state index contributed by atoms with van der Waals surface area (Å²) in [5.41, 5.74) is -3.06. The van der Waals surface area contributed by atoms with Gasteiger partial charge < -0.3 is 4.84 Å². The summed E-state index contributed by atoms with van der Waals surface area (Å²) in [7, 11) is 0. The molecule has 1 atom stereocenters. The van der Waals surface area contributed by atoms with Crippen LogP contribution in [0.1, 0.15) is 59.1 Å². The zero-order chi connectivity index (χ0) is 31.9. The topological polar surface area (TPSA) is 72.6 Å². The van der Waals surface area contributed by atoms with Crippen molar-refractivity contribution in [2.45, 2.75) is 64.3 Å². The fourth-order valence-electron chi connectivity index (χ4n) is 4.62. The van der Waals surface area contributed by atoms with Gasteiger partial charge in [-0.15, -0.1) is 5.10 Å². The van der Waals surface area contributed by atoms with Crippen LogP contribution in [0.5, 0.6) is 0 Å². The van der Waals surface area contributed by atoms with Gasteiger partial charge in [0.2, 0.25) is 0 Å². The van der Waals surface area contributed by atoms with Gasteiger partial charge in [-0.1, -0.05) is 48.3 Å². The molecule has 0 saturated heterocycles. The van der Waals surface area contributed by atoms with E-state index in [-0.39, 0.29) is 43.8 Å². The van der Waals surface area contributed by atoms with Crippen LogP contribution in [0.4, 0.5) is 36.7 Å². The molecule has 0 spiro atoms.